The number of hydrogen-bond donors (Lipinski definition) is 2. The third-order valence-electron chi connectivity index (χ3n) is 3.34. The molecule has 1 aromatic rings. The van der Waals surface area contributed by atoms with E-state index in [4.69, 9.17) is 4.74 Å². The SMILES string of the molecule is COc1csc(C(=O)NCC2CCCC(O)C2)c1. The van der Waals surface area contributed by atoms with Gasteiger partial charge in [-0.2, -0.15) is 0 Å². The van der Waals surface area contributed by atoms with E-state index < -0.39 is 0 Å². The molecule has 1 saturated carbocycles. The molecule has 0 bridgehead atoms. The molecule has 5 heteroatoms. The van der Waals surface area contributed by atoms with Gasteiger partial charge in [-0.15, -0.1) is 11.3 Å². The number of carbonyl (C=O) groups excluding carboxylic acids is 1. The van der Waals surface area contributed by atoms with E-state index in [0.717, 1.165) is 31.4 Å². The lowest BCUT2D eigenvalue weighted by molar-refractivity contribution is 0.0876. The maximum absolute atomic E-state index is 11.9. The first-order chi connectivity index (χ1) is 8.69. The van der Waals surface area contributed by atoms with Crippen LogP contribution >= 0.6 is 11.3 Å². The maximum atomic E-state index is 11.9. The average Bonchev–Trinajstić information content (AvgIpc) is 2.85. The van der Waals surface area contributed by atoms with Crippen molar-refractivity contribution in [1.82, 2.24) is 5.32 Å². The first-order valence-corrected chi connectivity index (χ1v) is 7.15. The summed E-state index contributed by atoms with van der Waals surface area (Å²) in [4.78, 5) is 12.5. The number of rotatable bonds is 4. The molecule has 2 unspecified atom stereocenters. The predicted molar refractivity (Wildman–Crippen MR) is 71.2 cm³/mol. The molecule has 4 nitrogen and oxygen atoms in total. The fraction of sp³-hybridized carbons (Fsp3) is 0.615. The quantitative estimate of drug-likeness (QED) is 0.879. The minimum absolute atomic E-state index is 0.0524. The van der Waals surface area contributed by atoms with Crippen molar-refractivity contribution < 1.29 is 14.6 Å². The molecule has 1 fully saturated rings. The van der Waals surface area contributed by atoms with Crippen LogP contribution in [-0.2, 0) is 0 Å². The molecular weight excluding hydrogens is 250 g/mol. The van der Waals surface area contributed by atoms with Gasteiger partial charge in [0.15, 0.2) is 0 Å². The fourth-order valence-electron chi connectivity index (χ4n) is 2.32. The van der Waals surface area contributed by atoms with E-state index in [2.05, 4.69) is 5.32 Å². The Morgan fingerprint density at radius 3 is 3.11 bits per heavy atom. The number of thiophene rings is 1. The number of aliphatic hydroxyl groups is 1. The molecule has 0 aromatic carbocycles. The predicted octanol–water partition coefficient (Wildman–Crippen LogP) is 2.04. The van der Waals surface area contributed by atoms with Crippen molar-refractivity contribution in [2.45, 2.75) is 31.8 Å². The Morgan fingerprint density at radius 1 is 1.61 bits per heavy atom. The monoisotopic (exact) mass is 269 g/mol. The van der Waals surface area contributed by atoms with Crippen LogP contribution in [-0.4, -0.2) is 30.8 Å². The van der Waals surface area contributed by atoms with Crippen LogP contribution in [0, 0.1) is 5.92 Å². The lowest BCUT2D eigenvalue weighted by Crippen LogP contribution is -2.32. The van der Waals surface area contributed by atoms with E-state index in [0.29, 0.717) is 17.3 Å². The Kier molecular flexibility index (Phi) is 4.60. The minimum atomic E-state index is -0.192. The highest BCUT2D eigenvalue weighted by molar-refractivity contribution is 7.12. The first kappa shape index (κ1) is 13.4. The molecule has 1 amide bonds. The van der Waals surface area contributed by atoms with Gasteiger partial charge in [-0.05, 0) is 25.2 Å². The summed E-state index contributed by atoms with van der Waals surface area (Å²) < 4.78 is 5.05. The third-order valence-corrected chi connectivity index (χ3v) is 4.25. The Balaban J connectivity index is 1.80. The number of hydrogen-bond acceptors (Lipinski definition) is 4. The maximum Gasteiger partial charge on any atom is 0.261 e. The van der Waals surface area contributed by atoms with Crippen molar-refractivity contribution in [3.63, 3.8) is 0 Å². The highest BCUT2D eigenvalue weighted by Crippen LogP contribution is 2.24. The summed E-state index contributed by atoms with van der Waals surface area (Å²) in [5.41, 5.74) is 0. The van der Waals surface area contributed by atoms with Crippen LogP contribution in [0.2, 0.25) is 0 Å². The van der Waals surface area contributed by atoms with Crippen LogP contribution < -0.4 is 10.1 Å². The van der Waals surface area contributed by atoms with E-state index in [1.807, 2.05) is 5.38 Å². The van der Waals surface area contributed by atoms with Gasteiger partial charge in [-0.1, -0.05) is 6.42 Å². The topological polar surface area (TPSA) is 58.6 Å². The molecule has 2 atom stereocenters. The van der Waals surface area contributed by atoms with Gasteiger partial charge in [-0.3, -0.25) is 4.79 Å². The normalized spacial score (nSPS) is 23.7. The van der Waals surface area contributed by atoms with Crippen molar-refractivity contribution in [3.05, 3.63) is 16.3 Å². The van der Waals surface area contributed by atoms with Gasteiger partial charge in [0.05, 0.1) is 18.1 Å². The summed E-state index contributed by atoms with van der Waals surface area (Å²) >= 11 is 1.38. The summed E-state index contributed by atoms with van der Waals surface area (Å²) in [6, 6.07) is 1.75. The third kappa shape index (κ3) is 3.46. The minimum Gasteiger partial charge on any atom is -0.496 e. The molecule has 1 heterocycles. The summed E-state index contributed by atoms with van der Waals surface area (Å²) in [6.07, 6.45) is 3.64. The zero-order valence-electron chi connectivity index (χ0n) is 10.5. The largest absolute Gasteiger partial charge is 0.496 e. The van der Waals surface area contributed by atoms with Crippen LogP contribution in [0.3, 0.4) is 0 Å². The van der Waals surface area contributed by atoms with Crippen molar-refractivity contribution >= 4 is 17.2 Å². The summed E-state index contributed by atoms with van der Waals surface area (Å²) in [6.45, 7) is 0.649. The molecule has 18 heavy (non-hydrogen) atoms. The van der Waals surface area contributed by atoms with E-state index >= 15 is 0 Å². The van der Waals surface area contributed by atoms with Gasteiger partial charge >= 0.3 is 0 Å². The zero-order chi connectivity index (χ0) is 13.0. The molecule has 2 rings (SSSR count). The van der Waals surface area contributed by atoms with Crippen molar-refractivity contribution in [2.75, 3.05) is 13.7 Å². The van der Waals surface area contributed by atoms with E-state index in [1.165, 1.54) is 11.3 Å². The molecule has 2 N–H and O–H groups in total. The van der Waals surface area contributed by atoms with E-state index in [1.54, 1.807) is 13.2 Å². The molecule has 0 radical (unpaired) electrons. The lowest BCUT2D eigenvalue weighted by atomic mass is 9.87. The average molecular weight is 269 g/mol. The van der Waals surface area contributed by atoms with Crippen LogP contribution in [0.5, 0.6) is 5.75 Å². The van der Waals surface area contributed by atoms with Gasteiger partial charge in [-0.25, -0.2) is 0 Å². The molecule has 0 saturated heterocycles. The van der Waals surface area contributed by atoms with Gasteiger partial charge in [0.1, 0.15) is 5.75 Å². The highest BCUT2D eigenvalue weighted by Gasteiger charge is 2.21. The fourth-order valence-corrected chi connectivity index (χ4v) is 3.09. The Bertz CT molecular complexity index is 405. The second kappa shape index (κ2) is 6.20. The van der Waals surface area contributed by atoms with Crippen molar-refractivity contribution in [2.24, 2.45) is 5.92 Å². The highest BCUT2D eigenvalue weighted by atomic mass is 32.1. The number of ether oxygens (including phenoxy) is 1. The van der Waals surface area contributed by atoms with Crippen LogP contribution in [0.15, 0.2) is 11.4 Å². The van der Waals surface area contributed by atoms with Gasteiger partial charge in [0.2, 0.25) is 0 Å². The van der Waals surface area contributed by atoms with Crippen LogP contribution in [0.1, 0.15) is 35.4 Å². The van der Waals surface area contributed by atoms with Crippen LogP contribution in [0.25, 0.3) is 0 Å². The van der Waals surface area contributed by atoms with Crippen molar-refractivity contribution in [3.8, 4) is 5.75 Å². The number of methoxy groups -OCH3 is 1. The Labute approximate surface area is 111 Å². The Hall–Kier alpha value is -1.07. The van der Waals surface area contributed by atoms with Gasteiger partial charge < -0.3 is 15.2 Å². The number of amides is 1. The standard InChI is InChI=1S/C13H19NO3S/c1-17-11-6-12(18-8-11)13(16)14-7-9-3-2-4-10(15)5-9/h6,8-10,15H,2-5,7H2,1H3,(H,14,16). The molecule has 0 spiro atoms. The summed E-state index contributed by atoms with van der Waals surface area (Å²) in [5.74, 6) is 1.07. The molecule has 100 valence electrons. The molecule has 1 aliphatic rings. The second-order valence-electron chi connectivity index (χ2n) is 4.75. The van der Waals surface area contributed by atoms with Crippen molar-refractivity contribution in [1.29, 1.82) is 0 Å². The number of carbonyl (C=O) groups is 1. The molecule has 1 aliphatic carbocycles. The Morgan fingerprint density at radius 2 is 2.44 bits per heavy atom. The number of aliphatic hydroxyl groups excluding tert-OH is 1. The molecule has 0 aliphatic heterocycles. The summed E-state index contributed by atoms with van der Waals surface area (Å²) in [5, 5.41) is 14.3. The van der Waals surface area contributed by atoms with Gasteiger partial charge in [0.25, 0.3) is 5.91 Å². The molecule has 1 aromatic heterocycles. The van der Waals surface area contributed by atoms with E-state index in [9.17, 15) is 9.90 Å². The lowest BCUT2D eigenvalue weighted by Gasteiger charge is -2.25. The van der Waals surface area contributed by atoms with E-state index in [-0.39, 0.29) is 12.0 Å². The van der Waals surface area contributed by atoms with Gasteiger partial charge in [0, 0.05) is 18.0 Å². The smallest absolute Gasteiger partial charge is 0.261 e. The number of nitrogens with one attached hydrogen (secondary N) is 1. The zero-order valence-corrected chi connectivity index (χ0v) is 11.3. The van der Waals surface area contributed by atoms with Crippen LogP contribution in [0.4, 0.5) is 0 Å². The first-order valence-electron chi connectivity index (χ1n) is 6.28. The summed E-state index contributed by atoms with van der Waals surface area (Å²) in [7, 11) is 1.59. The second-order valence-corrected chi connectivity index (χ2v) is 5.66. The molecular formula is C13H19NO3S.